The lowest BCUT2D eigenvalue weighted by atomic mass is 10.1. The van der Waals surface area contributed by atoms with Crippen LogP contribution in [0.2, 0.25) is 0 Å². The number of para-hydroxylation sites is 1. The minimum atomic E-state index is -0.240. The fraction of sp³-hybridized carbons (Fsp3) is 0.0952. The maximum Gasteiger partial charge on any atom is 0.285 e. The SMILES string of the molecule is Cc1nc2c(-c3ccccc3)c(C)[nH]n2c(=O)c1-c1nc2c(Br)cccc2o1. The summed E-state index contributed by atoms with van der Waals surface area (Å²) in [7, 11) is 0. The van der Waals surface area contributed by atoms with Gasteiger partial charge in [0, 0.05) is 15.7 Å². The van der Waals surface area contributed by atoms with Crippen molar-refractivity contribution >= 4 is 32.7 Å². The molecule has 5 aromatic rings. The zero-order valence-electron chi connectivity index (χ0n) is 15.2. The van der Waals surface area contributed by atoms with Crippen LogP contribution in [0.15, 0.2) is 62.2 Å². The average Bonchev–Trinajstić information content (AvgIpc) is 3.24. The molecule has 138 valence electrons. The van der Waals surface area contributed by atoms with Gasteiger partial charge in [-0.25, -0.2) is 14.5 Å². The Kier molecular flexibility index (Phi) is 3.73. The van der Waals surface area contributed by atoms with E-state index < -0.39 is 0 Å². The van der Waals surface area contributed by atoms with Crippen LogP contribution in [0.25, 0.3) is 39.3 Å². The molecule has 6 nitrogen and oxygen atoms in total. The zero-order chi connectivity index (χ0) is 19.4. The summed E-state index contributed by atoms with van der Waals surface area (Å²) in [5.74, 6) is 0.264. The number of hydrogen-bond acceptors (Lipinski definition) is 4. The van der Waals surface area contributed by atoms with Gasteiger partial charge in [-0.2, -0.15) is 0 Å². The Labute approximate surface area is 168 Å². The van der Waals surface area contributed by atoms with E-state index in [2.05, 4.69) is 26.0 Å². The number of nitrogens with one attached hydrogen (secondary N) is 1. The average molecular weight is 435 g/mol. The summed E-state index contributed by atoms with van der Waals surface area (Å²) in [6.45, 7) is 3.74. The first kappa shape index (κ1) is 16.9. The van der Waals surface area contributed by atoms with Crippen molar-refractivity contribution in [3.63, 3.8) is 0 Å². The molecular weight excluding hydrogens is 420 g/mol. The highest BCUT2D eigenvalue weighted by atomic mass is 79.9. The molecule has 2 aromatic carbocycles. The van der Waals surface area contributed by atoms with Crippen LogP contribution in [0.3, 0.4) is 0 Å². The topological polar surface area (TPSA) is 76.2 Å². The molecule has 7 heteroatoms. The molecule has 0 aliphatic rings. The summed E-state index contributed by atoms with van der Waals surface area (Å²) in [4.78, 5) is 22.5. The highest BCUT2D eigenvalue weighted by Crippen LogP contribution is 2.30. The molecular formula is C21H15BrN4O2. The molecule has 3 aromatic heterocycles. The summed E-state index contributed by atoms with van der Waals surface area (Å²) in [5, 5.41) is 3.14. The van der Waals surface area contributed by atoms with E-state index in [-0.39, 0.29) is 11.4 Å². The summed E-state index contributed by atoms with van der Waals surface area (Å²) in [6, 6.07) is 15.5. The number of aromatic amines is 1. The lowest BCUT2D eigenvalue weighted by molar-refractivity contribution is 0.616. The second kappa shape index (κ2) is 6.17. The third-order valence-corrected chi connectivity index (χ3v) is 5.43. The first-order valence-electron chi connectivity index (χ1n) is 8.77. The van der Waals surface area contributed by atoms with E-state index in [0.29, 0.717) is 28.0 Å². The monoisotopic (exact) mass is 434 g/mol. The van der Waals surface area contributed by atoms with Crippen molar-refractivity contribution in [1.29, 1.82) is 0 Å². The van der Waals surface area contributed by atoms with Crippen LogP contribution in [0.1, 0.15) is 11.4 Å². The van der Waals surface area contributed by atoms with Crippen molar-refractivity contribution in [3.05, 3.63) is 74.7 Å². The van der Waals surface area contributed by atoms with Gasteiger partial charge in [0.2, 0.25) is 5.89 Å². The van der Waals surface area contributed by atoms with Crippen molar-refractivity contribution < 1.29 is 4.42 Å². The standard InChI is InChI=1S/C21H15BrN4O2/c1-11-17(20-24-18-14(22)9-6-10-15(18)28-20)21(27)26-19(23-11)16(12(2)25-26)13-7-4-3-5-8-13/h3-10,25H,1-2H3. The van der Waals surface area contributed by atoms with Crippen LogP contribution in [-0.2, 0) is 0 Å². The molecule has 0 aliphatic carbocycles. The number of aromatic nitrogens is 4. The Hall–Kier alpha value is -3.19. The molecule has 0 fully saturated rings. The summed E-state index contributed by atoms with van der Waals surface area (Å²) < 4.78 is 8.13. The third kappa shape index (κ3) is 2.43. The summed E-state index contributed by atoms with van der Waals surface area (Å²) in [6.07, 6.45) is 0. The van der Waals surface area contributed by atoms with E-state index in [4.69, 9.17) is 9.40 Å². The maximum absolute atomic E-state index is 13.3. The van der Waals surface area contributed by atoms with Crippen LogP contribution in [0, 0.1) is 13.8 Å². The Bertz CT molecular complexity index is 1410. The van der Waals surface area contributed by atoms with Gasteiger partial charge in [-0.15, -0.1) is 0 Å². The van der Waals surface area contributed by atoms with Crippen LogP contribution >= 0.6 is 15.9 Å². The van der Waals surface area contributed by atoms with E-state index >= 15 is 0 Å². The first-order valence-corrected chi connectivity index (χ1v) is 9.56. The molecule has 0 amide bonds. The van der Waals surface area contributed by atoms with Crippen LogP contribution in [-0.4, -0.2) is 19.6 Å². The van der Waals surface area contributed by atoms with Crippen molar-refractivity contribution in [2.24, 2.45) is 0 Å². The number of H-pyrrole nitrogens is 1. The molecule has 0 bridgehead atoms. The lowest BCUT2D eigenvalue weighted by Crippen LogP contribution is -2.19. The molecule has 0 saturated heterocycles. The molecule has 3 heterocycles. The molecule has 28 heavy (non-hydrogen) atoms. The van der Waals surface area contributed by atoms with E-state index in [9.17, 15) is 4.79 Å². The number of nitrogens with zero attached hydrogens (tertiary/aromatic N) is 3. The number of hydrogen-bond donors (Lipinski definition) is 1. The third-order valence-electron chi connectivity index (χ3n) is 4.79. The predicted molar refractivity (Wildman–Crippen MR) is 111 cm³/mol. The highest BCUT2D eigenvalue weighted by molar-refractivity contribution is 9.10. The first-order chi connectivity index (χ1) is 13.5. The summed E-state index contributed by atoms with van der Waals surface area (Å²) >= 11 is 3.47. The minimum absolute atomic E-state index is 0.240. The number of fused-ring (bicyclic) bond motifs is 2. The smallest absolute Gasteiger partial charge is 0.285 e. The fourth-order valence-corrected chi connectivity index (χ4v) is 3.95. The number of rotatable bonds is 2. The predicted octanol–water partition coefficient (Wildman–Crippen LogP) is 4.88. The minimum Gasteiger partial charge on any atom is -0.436 e. The number of oxazole rings is 1. The maximum atomic E-state index is 13.3. The highest BCUT2D eigenvalue weighted by Gasteiger charge is 2.22. The van der Waals surface area contributed by atoms with Crippen LogP contribution in [0.4, 0.5) is 0 Å². The molecule has 5 rings (SSSR count). The van der Waals surface area contributed by atoms with Gasteiger partial charge in [-0.1, -0.05) is 36.4 Å². The van der Waals surface area contributed by atoms with Crippen molar-refractivity contribution in [1.82, 2.24) is 19.6 Å². The van der Waals surface area contributed by atoms with Crippen LogP contribution < -0.4 is 5.56 Å². The molecule has 1 N–H and O–H groups in total. The Morgan fingerprint density at radius 1 is 1.00 bits per heavy atom. The quantitative estimate of drug-likeness (QED) is 0.429. The van der Waals surface area contributed by atoms with Crippen molar-refractivity contribution in [2.75, 3.05) is 0 Å². The van der Waals surface area contributed by atoms with Crippen molar-refractivity contribution in [2.45, 2.75) is 13.8 Å². The Morgan fingerprint density at radius 2 is 1.79 bits per heavy atom. The van der Waals surface area contributed by atoms with Crippen LogP contribution in [0.5, 0.6) is 0 Å². The Balaban J connectivity index is 1.80. The number of halogens is 1. The van der Waals surface area contributed by atoms with Gasteiger partial charge in [0.05, 0.1) is 5.69 Å². The molecule has 0 spiro atoms. The van der Waals surface area contributed by atoms with Gasteiger partial charge in [-0.05, 0) is 47.5 Å². The molecule has 0 atom stereocenters. The van der Waals surface area contributed by atoms with Gasteiger partial charge in [0.1, 0.15) is 11.1 Å². The summed E-state index contributed by atoms with van der Waals surface area (Å²) in [5.41, 5.74) is 5.34. The lowest BCUT2D eigenvalue weighted by Gasteiger charge is -2.04. The van der Waals surface area contributed by atoms with Gasteiger partial charge < -0.3 is 4.42 Å². The molecule has 0 saturated carbocycles. The van der Waals surface area contributed by atoms with Gasteiger partial charge in [0.15, 0.2) is 11.2 Å². The second-order valence-corrected chi connectivity index (χ2v) is 7.47. The van der Waals surface area contributed by atoms with Gasteiger partial charge in [0.25, 0.3) is 5.56 Å². The van der Waals surface area contributed by atoms with E-state index in [0.717, 1.165) is 21.3 Å². The molecule has 0 aliphatic heterocycles. The van der Waals surface area contributed by atoms with Crippen molar-refractivity contribution in [3.8, 4) is 22.6 Å². The number of aryl methyl sites for hydroxylation is 2. The Morgan fingerprint density at radius 3 is 2.54 bits per heavy atom. The molecule has 0 unspecified atom stereocenters. The van der Waals surface area contributed by atoms with E-state index in [1.54, 1.807) is 6.92 Å². The molecule has 0 radical (unpaired) electrons. The normalized spacial score (nSPS) is 11.5. The largest absolute Gasteiger partial charge is 0.436 e. The van der Waals surface area contributed by atoms with E-state index in [1.165, 1.54) is 4.52 Å². The van der Waals surface area contributed by atoms with Gasteiger partial charge >= 0.3 is 0 Å². The van der Waals surface area contributed by atoms with Gasteiger partial charge in [-0.3, -0.25) is 9.89 Å². The fourth-order valence-electron chi connectivity index (χ4n) is 3.51. The number of benzene rings is 2. The van der Waals surface area contributed by atoms with E-state index in [1.807, 2.05) is 55.5 Å². The zero-order valence-corrected chi connectivity index (χ0v) is 16.7. The second-order valence-electron chi connectivity index (χ2n) is 6.62.